The third-order valence-corrected chi connectivity index (χ3v) is 4.44. The molecule has 0 spiro atoms. The van der Waals surface area contributed by atoms with E-state index in [4.69, 9.17) is 4.74 Å². The summed E-state index contributed by atoms with van der Waals surface area (Å²) in [7, 11) is 2.79. The van der Waals surface area contributed by atoms with Crippen LogP contribution in [0.4, 0.5) is 14.6 Å². The molecule has 0 bridgehead atoms. The number of amides is 2. The molecule has 32 heavy (non-hydrogen) atoms. The topological polar surface area (TPSA) is 122 Å². The van der Waals surface area contributed by atoms with Crippen molar-refractivity contribution >= 4 is 23.6 Å². The first kappa shape index (κ1) is 24.8. The molecule has 0 aliphatic rings. The number of carbonyl (C=O) groups is 3. The van der Waals surface area contributed by atoms with E-state index >= 15 is 0 Å². The first-order valence-electron chi connectivity index (χ1n) is 9.89. The number of carbonyl (C=O) groups excluding carboxylic acids is 3. The zero-order chi connectivity index (χ0) is 23.7. The van der Waals surface area contributed by atoms with E-state index in [9.17, 15) is 23.2 Å². The van der Waals surface area contributed by atoms with Gasteiger partial charge in [0.1, 0.15) is 23.7 Å². The third kappa shape index (κ3) is 7.05. The largest absolute Gasteiger partial charge is 0.468 e. The maximum Gasteiger partial charge on any atom is 0.329 e. The van der Waals surface area contributed by atoms with Crippen LogP contribution in [0.1, 0.15) is 37.1 Å². The number of rotatable bonds is 10. The highest BCUT2D eigenvalue weighted by Crippen LogP contribution is 2.14. The van der Waals surface area contributed by atoms with E-state index < -0.39 is 41.5 Å². The van der Waals surface area contributed by atoms with Gasteiger partial charge in [0, 0.05) is 6.07 Å². The van der Waals surface area contributed by atoms with Crippen LogP contribution < -0.4 is 16.0 Å². The van der Waals surface area contributed by atoms with Gasteiger partial charge in [-0.1, -0.05) is 13.3 Å². The molecule has 0 aliphatic heterocycles. The van der Waals surface area contributed by atoms with E-state index in [2.05, 4.69) is 25.9 Å². The fourth-order valence-electron chi connectivity index (χ4n) is 3.00. The molecule has 2 aromatic rings. The van der Waals surface area contributed by atoms with Crippen LogP contribution >= 0.6 is 0 Å². The van der Waals surface area contributed by atoms with Crippen molar-refractivity contribution in [2.75, 3.05) is 19.5 Å². The molecule has 0 saturated carbocycles. The Labute approximate surface area is 184 Å². The van der Waals surface area contributed by atoms with Crippen LogP contribution in [-0.2, 0) is 25.5 Å². The molecule has 172 valence electrons. The number of benzene rings is 1. The number of nitrogens with zero attached hydrogens (tertiary/aromatic N) is 2. The molecule has 3 N–H and O–H groups in total. The highest BCUT2D eigenvalue weighted by atomic mass is 19.1. The number of methoxy groups -OCH3 is 1. The number of hydrogen-bond donors (Lipinski definition) is 3. The van der Waals surface area contributed by atoms with E-state index in [1.165, 1.54) is 19.5 Å². The van der Waals surface area contributed by atoms with Crippen molar-refractivity contribution in [3.05, 3.63) is 53.5 Å². The SMILES string of the molecule is CCCC(NC(=O)Cc1cc(F)cc(F)c1)C(=O)Nc1cncc(C(NC)C(=O)OC)n1. The zero-order valence-corrected chi connectivity index (χ0v) is 17.9. The van der Waals surface area contributed by atoms with E-state index in [0.717, 1.165) is 12.1 Å². The lowest BCUT2D eigenvalue weighted by Crippen LogP contribution is -2.44. The van der Waals surface area contributed by atoms with Crippen molar-refractivity contribution < 1.29 is 27.9 Å². The summed E-state index contributed by atoms with van der Waals surface area (Å²) in [4.78, 5) is 45.1. The number of nitrogens with one attached hydrogen (secondary N) is 3. The Balaban J connectivity index is 2.09. The highest BCUT2D eigenvalue weighted by Gasteiger charge is 2.24. The molecule has 2 unspecified atom stereocenters. The molecule has 2 rings (SSSR count). The zero-order valence-electron chi connectivity index (χ0n) is 17.9. The lowest BCUT2D eigenvalue weighted by atomic mass is 10.1. The Kier molecular flexibility index (Phi) is 9.14. The van der Waals surface area contributed by atoms with Crippen molar-refractivity contribution in [1.82, 2.24) is 20.6 Å². The summed E-state index contributed by atoms with van der Waals surface area (Å²) in [6.45, 7) is 1.84. The molecule has 1 heterocycles. The normalized spacial score (nSPS) is 12.5. The van der Waals surface area contributed by atoms with Crippen LogP contribution in [-0.4, -0.2) is 48.0 Å². The number of anilines is 1. The van der Waals surface area contributed by atoms with E-state index in [-0.39, 0.29) is 23.5 Å². The molecule has 0 radical (unpaired) electrons. The van der Waals surface area contributed by atoms with E-state index in [1.807, 2.05) is 6.92 Å². The molecular formula is C21H25F2N5O4. The van der Waals surface area contributed by atoms with Crippen molar-refractivity contribution in [3.8, 4) is 0 Å². The van der Waals surface area contributed by atoms with Crippen molar-refractivity contribution in [3.63, 3.8) is 0 Å². The summed E-state index contributed by atoms with van der Waals surface area (Å²) < 4.78 is 31.4. The minimum absolute atomic E-state index is 0.0826. The minimum Gasteiger partial charge on any atom is -0.468 e. The summed E-state index contributed by atoms with van der Waals surface area (Å²) >= 11 is 0. The fourth-order valence-corrected chi connectivity index (χ4v) is 3.00. The Morgan fingerprint density at radius 2 is 1.81 bits per heavy atom. The Hall–Kier alpha value is -3.47. The minimum atomic E-state index is -0.905. The van der Waals surface area contributed by atoms with Crippen LogP contribution in [0, 0.1) is 11.6 Å². The van der Waals surface area contributed by atoms with Crippen LogP contribution in [0.15, 0.2) is 30.6 Å². The van der Waals surface area contributed by atoms with Gasteiger partial charge in [0.15, 0.2) is 5.82 Å². The van der Waals surface area contributed by atoms with Gasteiger partial charge < -0.3 is 20.7 Å². The predicted molar refractivity (Wildman–Crippen MR) is 111 cm³/mol. The monoisotopic (exact) mass is 449 g/mol. The molecule has 2 amide bonds. The van der Waals surface area contributed by atoms with Gasteiger partial charge in [-0.3, -0.25) is 14.6 Å². The fraction of sp³-hybridized carbons (Fsp3) is 0.381. The summed E-state index contributed by atoms with van der Waals surface area (Å²) in [6, 6.07) is 1.04. The van der Waals surface area contributed by atoms with E-state index in [0.29, 0.717) is 18.9 Å². The van der Waals surface area contributed by atoms with Gasteiger partial charge in [0.25, 0.3) is 0 Å². The number of hydrogen-bond acceptors (Lipinski definition) is 7. The smallest absolute Gasteiger partial charge is 0.329 e. The average Bonchev–Trinajstić information content (AvgIpc) is 2.73. The lowest BCUT2D eigenvalue weighted by Gasteiger charge is -2.18. The molecule has 9 nitrogen and oxygen atoms in total. The highest BCUT2D eigenvalue weighted by molar-refractivity contribution is 5.96. The molecule has 2 atom stereocenters. The predicted octanol–water partition coefficient (Wildman–Crippen LogP) is 1.65. The standard InChI is InChI=1S/C21H25F2N5O4/c1-4-5-15(27-18(29)8-12-6-13(22)9-14(23)7-12)20(30)28-17-11-25-10-16(26-17)19(24-2)21(31)32-3/h6-7,9-11,15,19,24H,4-5,8H2,1-3H3,(H,27,29)(H,26,28,30). The molecular weight excluding hydrogens is 424 g/mol. The van der Waals surface area contributed by atoms with Gasteiger partial charge >= 0.3 is 5.97 Å². The number of esters is 1. The first-order valence-corrected chi connectivity index (χ1v) is 9.89. The third-order valence-electron chi connectivity index (χ3n) is 4.44. The second kappa shape index (κ2) is 11.8. The number of aromatic nitrogens is 2. The molecule has 11 heteroatoms. The van der Waals surface area contributed by atoms with Gasteiger partial charge in [0.05, 0.1) is 31.6 Å². The van der Waals surface area contributed by atoms with Crippen molar-refractivity contribution in [2.24, 2.45) is 0 Å². The van der Waals surface area contributed by atoms with Gasteiger partial charge in [0.2, 0.25) is 11.8 Å². The summed E-state index contributed by atoms with van der Waals surface area (Å²) in [6.07, 6.45) is 3.27. The molecule has 0 aliphatic carbocycles. The maximum atomic E-state index is 13.3. The Morgan fingerprint density at radius 1 is 1.12 bits per heavy atom. The van der Waals surface area contributed by atoms with Gasteiger partial charge in [-0.15, -0.1) is 0 Å². The molecule has 0 saturated heterocycles. The van der Waals surface area contributed by atoms with Gasteiger partial charge in [-0.05, 0) is 31.2 Å². The number of halogens is 2. The quantitative estimate of drug-likeness (QED) is 0.472. The molecule has 0 fully saturated rings. The van der Waals surface area contributed by atoms with Crippen LogP contribution in [0.5, 0.6) is 0 Å². The Bertz CT molecular complexity index is 953. The van der Waals surface area contributed by atoms with Gasteiger partial charge in [-0.2, -0.15) is 0 Å². The maximum absolute atomic E-state index is 13.3. The van der Waals surface area contributed by atoms with Crippen LogP contribution in [0.25, 0.3) is 0 Å². The summed E-state index contributed by atoms with van der Waals surface area (Å²) in [5.74, 6) is -3.18. The summed E-state index contributed by atoms with van der Waals surface area (Å²) in [5, 5.41) is 7.88. The van der Waals surface area contributed by atoms with Crippen LogP contribution in [0.2, 0.25) is 0 Å². The molecule has 1 aromatic carbocycles. The lowest BCUT2D eigenvalue weighted by molar-refractivity contribution is -0.143. The average molecular weight is 449 g/mol. The van der Waals surface area contributed by atoms with Crippen molar-refractivity contribution in [1.29, 1.82) is 0 Å². The van der Waals surface area contributed by atoms with Gasteiger partial charge in [-0.25, -0.2) is 18.6 Å². The van der Waals surface area contributed by atoms with E-state index in [1.54, 1.807) is 7.05 Å². The van der Waals surface area contributed by atoms with Crippen molar-refractivity contribution in [2.45, 2.75) is 38.3 Å². The second-order valence-corrected chi connectivity index (χ2v) is 6.93. The molecule has 1 aromatic heterocycles. The number of likely N-dealkylation sites (N-methyl/N-ethyl adjacent to an activating group) is 1. The summed E-state index contributed by atoms with van der Waals surface area (Å²) in [5.41, 5.74) is 0.386. The van der Waals surface area contributed by atoms with Crippen LogP contribution in [0.3, 0.4) is 0 Å². The Morgan fingerprint density at radius 3 is 2.41 bits per heavy atom. The first-order chi connectivity index (χ1) is 15.3. The number of ether oxygens (including phenoxy) is 1. The second-order valence-electron chi connectivity index (χ2n) is 6.93.